The molecule has 1 N–H and O–H groups in total. The normalized spacial score (nSPS) is 18.4. The van der Waals surface area contributed by atoms with Gasteiger partial charge in [-0.05, 0) is 30.2 Å². The summed E-state index contributed by atoms with van der Waals surface area (Å²) in [7, 11) is 2.98. The number of aromatic nitrogens is 1. The second-order valence-corrected chi connectivity index (χ2v) is 6.35. The zero-order chi connectivity index (χ0) is 20.3. The fourth-order valence-electron chi connectivity index (χ4n) is 3.38. The van der Waals surface area contributed by atoms with Gasteiger partial charge in [0.25, 0.3) is 11.7 Å². The molecule has 1 aromatic heterocycles. The van der Waals surface area contributed by atoms with Gasteiger partial charge in [0.1, 0.15) is 17.3 Å². The van der Waals surface area contributed by atoms with Crippen LogP contribution in [0.15, 0.2) is 48.3 Å². The monoisotopic (exact) mass is 382 g/mol. The van der Waals surface area contributed by atoms with E-state index in [1.165, 1.54) is 19.1 Å². The Morgan fingerprint density at radius 3 is 2.61 bits per heavy atom. The molecule has 0 bridgehead atoms. The van der Waals surface area contributed by atoms with Crippen molar-refractivity contribution in [3.63, 3.8) is 0 Å². The van der Waals surface area contributed by atoms with Gasteiger partial charge in [-0.1, -0.05) is 13.0 Å². The van der Waals surface area contributed by atoms with Gasteiger partial charge < -0.3 is 19.5 Å². The molecule has 2 aromatic rings. The third-order valence-electron chi connectivity index (χ3n) is 4.67. The number of ether oxygens (including phenoxy) is 2. The summed E-state index contributed by atoms with van der Waals surface area (Å²) < 4.78 is 10.5. The quantitative estimate of drug-likeness (QED) is 0.469. The van der Waals surface area contributed by atoms with E-state index in [0.29, 0.717) is 35.6 Å². The van der Waals surface area contributed by atoms with Crippen molar-refractivity contribution in [2.24, 2.45) is 0 Å². The van der Waals surface area contributed by atoms with Crippen molar-refractivity contribution in [1.29, 1.82) is 0 Å². The van der Waals surface area contributed by atoms with Gasteiger partial charge in [-0.25, -0.2) is 0 Å². The summed E-state index contributed by atoms with van der Waals surface area (Å²) in [5.41, 5.74) is 0.991. The molecule has 1 fully saturated rings. The smallest absolute Gasteiger partial charge is 0.295 e. The molecule has 1 unspecified atom stereocenters. The van der Waals surface area contributed by atoms with Gasteiger partial charge >= 0.3 is 0 Å². The zero-order valence-electron chi connectivity index (χ0n) is 16.0. The summed E-state index contributed by atoms with van der Waals surface area (Å²) in [6, 6.07) is 7.66. The van der Waals surface area contributed by atoms with E-state index in [0.717, 1.165) is 0 Å². The molecule has 28 heavy (non-hydrogen) atoms. The van der Waals surface area contributed by atoms with Gasteiger partial charge in [0, 0.05) is 25.0 Å². The van der Waals surface area contributed by atoms with Crippen molar-refractivity contribution >= 4 is 17.4 Å². The first-order valence-corrected chi connectivity index (χ1v) is 8.94. The minimum Gasteiger partial charge on any atom is -0.507 e. The zero-order valence-corrected chi connectivity index (χ0v) is 16.0. The van der Waals surface area contributed by atoms with E-state index < -0.39 is 17.7 Å². The van der Waals surface area contributed by atoms with Gasteiger partial charge in [-0.3, -0.25) is 14.6 Å². The average Bonchev–Trinajstić information content (AvgIpc) is 2.98. The largest absolute Gasteiger partial charge is 0.507 e. The van der Waals surface area contributed by atoms with E-state index >= 15 is 0 Å². The molecule has 0 radical (unpaired) electrons. The molecule has 3 rings (SSSR count). The van der Waals surface area contributed by atoms with Crippen molar-refractivity contribution in [1.82, 2.24) is 9.88 Å². The first kappa shape index (κ1) is 19.4. The summed E-state index contributed by atoms with van der Waals surface area (Å²) in [6.07, 6.45) is 3.88. The van der Waals surface area contributed by atoms with Crippen LogP contribution in [0, 0.1) is 0 Å². The molecule has 1 aliphatic rings. The number of nitrogens with zero attached hydrogens (tertiary/aromatic N) is 2. The van der Waals surface area contributed by atoms with Crippen LogP contribution in [0.4, 0.5) is 0 Å². The Hall–Kier alpha value is -3.35. The summed E-state index contributed by atoms with van der Waals surface area (Å²) in [5, 5.41) is 11.0. The fraction of sp³-hybridized carbons (Fsp3) is 0.286. The highest BCUT2D eigenvalue weighted by atomic mass is 16.5. The highest BCUT2D eigenvalue weighted by Crippen LogP contribution is 2.41. The van der Waals surface area contributed by atoms with E-state index in [1.807, 2.05) is 6.92 Å². The molecule has 7 nitrogen and oxygen atoms in total. The maximum Gasteiger partial charge on any atom is 0.295 e. The van der Waals surface area contributed by atoms with Crippen LogP contribution in [0.2, 0.25) is 0 Å². The van der Waals surface area contributed by atoms with Crippen LogP contribution in [0.5, 0.6) is 11.5 Å². The number of rotatable bonds is 6. The maximum absolute atomic E-state index is 12.8. The van der Waals surface area contributed by atoms with Gasteiger partial charge in [-0.2, -0.15) is 0 Å². The molecular weight excluding hydrogens is 360 g/mol. The molecule has 0 spiro atoms. The number of hydrogen-bond donors (Lipinski definition) is 1. The lowest BCUT2D eigenvalue weighted by Crippen LogP contribution is -2.30. The van der Waals surface area contributed by atoms with E-state index in [9.17, 15) is 14.7 Å². The van der Waals surface area contributed by atoms with Crippen LogP contribution < -0.4 is 9.47 Å². The van der Waals surface area contributed by atoms with Crippen molar-refractivity contribution in [2.45, 2.75) is 19.4 Å². The Morgan fingerprint density at radius 1 is 1.21 bits per heavy atom. The molecule has 1 aromatic carbocycles. The third kappa shape index (κ3) is 3.31. The number of methoxy groups -OCH3 is 2. The van der Waals surface area contributed by atoms with Crippen LogP contribution in [-0.2, 0) is 9.59 Å². The van der Waals surface area contributed by atoms with Crippen LogP contribution in [-0.4, -0.2) is 47.4 Å². The summed E-state index contributed by atoms with van der Waals surface area (Å²) in [4.78, 5) is 31.0. The number of carbonyl (C=O) groups excluding carboxylic acids is 2. The molecule has 7 heteroatoms. The minimum absolute atomic E-state index is 0.0231. The topological polar surface area (TPSA) is 89.0 Å². The van der Waals surface area contributed by atoms with Gasteiger partial charge in [0.2, 0.25) is 0 Å². The number of aliphatic hydroxyl groups excluding tert-OH is 1. The molecular formula is C21H22N2O5. The van der Waals surface area contributed by atoms with Crippen molar-refractivity contribution < 1.29 is 24.2 Å². The van der Waals surface area contributed by atoms with Crippen LogP contribution in [0.25, 0.3) is 5.76 Å². The Bertz CT molecular complexity index is 924. The number of benzene rings is 1. The Morgan fingerprint density at radius 2 is 2.00 bits per heavy atom. The number of Topliss-reactive ketones (excluding diaryl/α,β-unsaturated/α-hetero) is 1. The number of hydrogen-bond acceptors (Lipinski definition) is 6. The van der Waals surface area contributed by atoms with Crippen molar-refractivity contribution in [3.8, 4) is 11.5 Å². The lowest BCUT2D eigenvalue weighted by Gasteiger charge is -2.24. The number of carbonyl (C=O) groups is 2. The maximum atomic E-state index is 12.8. The number of aliphatic hydroxyl groups is 1. The number of ketones is 1. The summed E-state index contributed by atoms with van der Waals surface area (Å²) in [6.45, 7) is 2.31. The molecule has 1 atom stereocenters. The number of likely N-dealkylation sites (tertiary alicyclic amines) is 1. The highest BCUT2D eigenvalue weighted by molar-refractivity contribution is 6.46. The van der Waals surface area contributed by atoms with Gasteiger partial charge in [0.05, 0.1) is 31.4 Å². The Labute approximate surface area is 163 Å². The first-order chi connectivity index (χ1) is 13.5. The molecule has 0 aliphatic carbocycles. The van der Waals surface area contributed by atoms with Crippen LogP contribution in [0.3, 0.4) is 0 Å². The van der Waals surface area contributed by atoms with Gasteiger partial charge in [0.15, 0.2) is 0 Å². The van der Waals surface area contributed by atoms with Crippen LogP contribution >= 0.6 is 0 Å². The molecule has 0 saturated carbocycles. The van der Waals surface area contributed by atoms with Crippen molar-refractivity contribution in [2.75, 3.05) is 20.8 Å². The van der Waals surface area contributed by atoms with E-state index in [-0.39, 0.29) is 11.3 Å². The SMILES string of the molecule is CCCN1C(=O)C(=O)/C(=C(\O)c2ccc(OC)cc2OC)C1c1cccnc1. The summed E-state index contributed by atoms with van der Waals surface area (Å²) >= 11 is 0. The standard InChI is InChI=1S/C21H22N2O5/c1-4-10-23-18(13-6-5-9-22-12-13)17(20(25)21(23)26)19(24)15-8-7-14(27-2)11-16(15)28-3/h5-9,11-12,18,24H,4,10H2,1-3H3/b19-17-. The predicted octanol–water partition coefficient (Wildman–Crippen LogP) is 2.93. The average molecular weight is 382 g/mol. The van der Waals surface area contributed by atoms with Crippen molar-refractivity contribution in [3.05, 3.63) is 59.4 Å². The van der Waals surface area contributed by atoms with Crippen LogP contribution in [0.1, 0.15) is 30.5 Å². The Balaban J connectivity index is 2.21. The van der Waals surface area contributed by atoms with Gasteiger partial charge in [-0.15, -0.1) is 0 Å². The minimum atomic E-state index is -0.724. The number of amides is 1. The van der Waals surface area contributed by atoms with E-state index in [1.54, 1.807) is 42.7 Å². The molecule has 1 saturated heterocycles. The second-order valence-electron chi connectivity index (χ2n) is 6.35. The second kappa shape index (κ2) is 8.12. The molecule has 146 valence electrons. The molecule has 1 amide bonds. The predicted molar refractivity (Wildman–Crippen MR) is 103 cm³/mol. The van der Waals surface area contributed by atoms with E-state index in [2.05, 4.69) is 4.98 Å². The number of pyridine rings is 1. The van der Waals surface area contributed by atoms with E-state index in [4.69, 9.17) is 9.47 Å². The first-order valence-electron chi connectivity index (χ1n) is 8.94. The summed E-state index contributed by atoms with van der Waals surface area (Å²) in [5.74, 6) is -0.764. The Kier molecular flexibility index (Phi) is 5.63. The lowest BCUT2D eigenvalue weighted by molar-refractivity contribution is -0.139. The highest BCUT2D eigenvalue weighted by Gasteiger charge is 2.46. The fourth-order valence-corrected chi connectivity index (χ4v) is 3.38. The third-order valence-corrected chi connectivity index (χ3v) is 4.67. The lowest BCUT2D eigenvalue weighted by atomic mass is 9.96. The molecule has 1 aliphatic heterocycles. The molecule has 2 heterocycles.